The van der Waals surface area contributed by atoms with Crippen LogP contribution in [0.2, 0.25) is 0 Å². The average molecular weight is 808 g/mol. The number of hydrogen-bond acceptors (Lipinski definition) is 7. The summed E-state index contributed by atoms with van der Waals surface area (Å²) in [5.41, 5.74) is 0. The van der Waals surface area contributed by atoms with Gasteiger partial charge in [0.1, 0.15) is 0 Å². The molecule has 0 N–H and O–H groups in total. The van der Waals surface area contributed by atoms with Crippen molar-refractivity contribution < 1.29 is 28.6 Å². The summed E-state index contributed by atoms with van der Waals surface area (Å²) in [5, 5.41) is 0. The Morgan fingerprint density at radius 1 is 0.368 bits per heavy atom. The third-order valence-corrected chi connectivity index (χ3v) is 11.7. The molecular weight excluding hydrogens is 711 g/mol. The second-order valence-electron chi connectivity index (χ2n) is 17.1. The lowest BCUT2D eigenvalue weighted by Crippen LogP contribution is -2.28. The summed E-state index contributed by atoms with van der Waals surface area (Å²) in [6.07, 6.45) is 38.4. The number of esters is 3. The van der Waals surface area contributed by atoms with Gasteiger partial charge in [-0.05, 0) is 84.3 Å². The van der Waals surface area contributed by atoms with Gasteiger partial charge >= 0.3 is 17.9 Å². The second kappa shape index (κ2) is 43.9. The number of hydrogen-bond donors (Lipinski definition) is 0. The molecule has 0 rings (SSSR count). The molecule has 2 atom stereocenters. The number of carbonyl (C=O) groups excluding carboxylic acids is 3. The third kappa shape index (κ3) is 37.1. The highest BCUT2D eigenvalue weighted by atomic mass is 16.5. The summed E-state index contributed by atoms with van der Waals surface area (Å²) in [6.45, 7) is 15.3. The Bertz CT molecular complexity index is 823. The van der Waals surface area contributed by atoms with Crippen LogP contribution in [0.1, 0.15) is 253 Å². The van der Waals surface area contributed by atoms with Crippen LogP contribution >= 0.6 is 0 Å². The van der Waals surface area contributed by atoms with Gasteiger partial charge in [0.25, 0.3) is 0 Å². The van der Waals surface area contributed by atoms with Crippen molar-refractivity contribution in [3.05, 3.63) is 0 Å². The van der Waals surface area contributed by atoms with Crippen LogP contribution in [0.15, 0.2) is 0 Å². The fraction of sp³-hybridized carbons (Fsp3) is 0.940. The maximum atomic E-state index is 13.0. The summed E-state index contributed by atoms with van der Waals surface area (Å²) >= 11 is 0. The summed E-state index contributed by atoms with van der Waals surface area (Å²) in [5.74, 6) is 0.117. The summed E-state index contributed by atoms with van der Waals surface area (Å²) < 4.78 is 16.8. The van der Waals surface area contributed by atoms with Crippen LogP contribution in [-0.2, 0) is 28.6 Å². The van der Waals surface area contributed by atoms with Gasteiger partial charge < -0.3 is 19.1 Å². The lowest BCUT2D eigenvalue weighted by atomic mass is 9.94. The van der Waals surface area contributed by atoms with E-state index in [1.807, 2.05) is 6.92 Å². The Balaban J connectivity index is 4.57. The number of unbranched alkanes of at least 4 members (excludes halogenated alkanes) is 22. The van der Waals surface area contributed by atoms with Gasteiger partial charge in [0.15, 0.2) is 0 Å². The van der Waals surface area contributed by atoms with Crippen molar-refractivity contribution in [3.8, 4) is 0 Å². The first-order valence-corrected chi connectivity index (χ1v) is 25.1. The standard InChI is InChI=1S/C50H97NO6/c1-6-11-15-19-21-29-38-46(36-27-17-13-8-3)49(53)56-44-33-25-23-31-41-51(43-35-40-48(52)55-10-5)42-32-24-26-34-45-57-50(54)47(37-28-18-14-9-4)39-30-22-20-16-12-7-2/h46-47H,6-45H2,1-5H3. The van der Waals surface area contributed by atoms with Crippen LogP contribution in [0.5, 0.6) is 0 Å². The lowest BCUT2D eigenvalue weighted by Gasteiger charge is -2.22. The van der Waals surface area contributed by atoms with E-state index in [1.165, 1.54) is 103 Å². The van der Waals surface area contributed by atoms with E-state index in [9.17, 15) is 14.4 Å². The Kier molecular flexibility index (Phi) is 42.7. The molecule has 0 heterocycles. The molecule has 57 heavy (non-hydrogen) atoms. The van der Waals surface area contributed by atoms with Gasteiger partial charge in [-0.3, -0.25) is 14.4 Å². The quantitative estimate of drug-likeness (QED) is 0.0344. The Morgan fingerprint density at radius 3 is 1.07 bits per heavy atom. The van der Waals surface area contributed by atoms with E-state index < -0.39 is 0 Å². The first kappa shape index (κ1) is 55.4. The van der Waals surface area contributed by atoms with Gasteiger partial charge in [-0.15, -0.1) is 0 Å². The third-order valence-electron chi connectivity index (χ3n) is 11.7. The Labute approximate surface area is 354 Å². The van der Waals surface area contributed by atoms with Crippen molar-refractivity contribution in [2.75, 3.05) is 39.5 Å². The molecule has 0 fully saturated rings. The molecule has 0 aromatic rings. The molecular formula is C50H97NO6. The highest BCUT2D eigenvalue weighted by molar-refractivity contribution is 5.72. The number of carbonyl (C=O) groups is 3. The molecule has 0 amide bonds. The van der Waals surface area contributed by atoms with E-state index >= 15 is 0 Å². The summed E-state index contributed by atoms with van der Waals surface area (Å²) in [4.78, 5) is 40.5. The maximum absolute atomic E-state index is 13.0. The average Bonchev–Trinajstić information content (AvgIpc) is 3.20. The molecule has 0 aliphatic carbocycles. The monoisotopic (exact) mass is 808 g/mol. The highest BCUT2D eigenvalue weighted by Gasteiger charge is 2.20. The zero-order valence-corrected chi connectivity index (χ0v) is 38.8. The molecule has 0 aliphatic heterocycles. The van der Waals surface area contributed by atoms with E-state index in [1.54, 1.807) is 0 Å². The molecule has 0 aromatic heterocycles. The molecule has 2 unspecified atom stereocenters. The van der Waals surface area contributed by atoms with Crippen molar-refractivity contribution in [1.82, 2.24) is 4.90 Å². The van der Waals surface area contributed by atoms with Gasteiger partial charge in [0.2, 0.25) is 0 Å². The molecule has 0 radical (unpaired) electrons. The minimum Gasteiger partial charge on any atom is -0.466 e. The smallest absolute Gasteiger partial charge is 0.308 e. The molecule has 0 bridgehead atoms. The summed E-state index contributed by atoms with van der Waals surface area (Å²) in [6, 6.07) is 0. The van der Waals surface area contributed by atoms with Crippen molar-refractivity contribution in [2.24, 2.45) is 11.8 Å². The predicted molar refractivity (Wildman–Crippen MR) is 242 cm³/mol. The molecule has 7 nitrogen and oxygen atoms in total. The van der Waals surface area contributed by atoms with Gasteiger partial charge in [-0.25, -0.2) is 0 Å². The van der Waals surface area contributed by atoms with E-state index in [0.29, 0.717) is 26.2 Å². The Morgan fingerprint density at radius 2 is 0.684 bits per heavy atom. The minimum absolute atomic E-state index is 0.0384. The van der Waals surface area contributed by atoms with Crippen LogP contribution in [0.3, 0.4) is 0 Å². The summed E-state index contributed by atoms with van der Waals surface area (Å²) in [7, 11) is 0. The van der Waals surface area contributed by atoms with Crippen molar-refractivity contribution in [3.63, 3.8) is 0 Å². The van der Waals surface area contributed by atoms with Crippen molar-refractivity contribution in [1.29, 1.82) is 0 Å². The van der Waals surface area contributed by atoms with Crippen LogP contribution in [-0.4, -0.2) is 62.3 Å². The van der Waals surface area contributed by atoms with Crippen LogP contribution in [0.4, 0.5) is 0 Å². The fourth-order valence-electron chi connectivity index (χ4n) is 7.92. The van der Waals surface area contributed by atoms with Gasteiger partial charge in [0, 0.05) is 6.42 Å². The van der Waals surface area contributed by atoms with Gasteiger partial charge in [-0.2, -0.15) is 0 Å². The molecule has 0 aliphatic rings. The second-order valence-corrected chi connectivity index (χ2v) is 17.1. The topological polar surface area (TPSA) is 82.1 Å². The fourth-order valence-corrected chi connectivity index (χ4v) is 7.92. The predicted octanol–water partition coefficient (Wildman–Crippen LogP) is 14.5. The normalized spacial score (nSPS) is 12.5. The van der Waals surface area contributed by atoms with E-state index in [2.05, 4.69) is 32.6 Å². The molecule has 338 valence electrons. The molecule has 0 saturated carbocycles. The molecule has 0 aromatic carbocycles. The maximum Gasteiger partial charge on any atom is 0.308 e. The Hall–Kier alpha value is -1.63. The van der Waals surface area contributed by atoms with Crippen LogP contribution in [0, 0.1) is 11.8 Å². The molecule has 0 spiro atoms. The number of nitrogens with zero attached hydrogens (tertiary/aromatic N) is 1. The number of ether oxygens (including phenoxy) is 3. The van der Waals surface area contributed by atoms with E-state index in [4.69, 9.17) is 14.2 Å². The van der Waals surface area contributed by atoms with E-state index in [-0.39, 0.29) is 29.7 Å². The van der Waals surface area contributed by atoms with Crippen LogP contribution < -0.4 is 0 Å². The first-order valence-electron chi connectivity index (χ1n) is 25.1. The largest absolute Gasteiger partial charge is 0.466 e. The lowest BCUT2D eigenvalue weighted by molar-refractivity contribution is -0.150. The number of rotatable bonds is 45. The molecule has 0 saturated heterocycles. The first-order chi connectivity index (χ1) is 27.9. The highest BCUT2D eigenvalue weighted by Crippen LogP contribution is 2.22. The zero-order chi connectivity index (χ0) is 41.9. The van der Waals surface area contributed by atoms with Crippen molar-refractivity contribution in [2.45, 2.75) is 253 Å². The molecule has 7 heteroatoms. The zero-order valence-electron chi connectivity index (χ0n) is 38.8. The SMILES string of the molecule is CCCCCCCCC(CCCCCC)C(=O)OCCCCCCN(CCCCCCOC(=O)C(CCCCCC)CCCCCCCC)CCCC(=O)OCC. The van der Waals surface area contributed by atoms with E-state index in [0.717, 1.165) is 129 Å². The van der Waals surface area contributed by atoms with Crippen molar-refractivity contribution >= 4 is 17.9 Å². The van der Waals surface area contributed by atoms with Gasteiger partial charge in [0.05, 0.1) is 31.7 Å². The minimum atomic E-state index is -0.105. The van der Waals surface area contributed by atoms with Gasteiger partial charge in [-0.1, -0.05) is 182 Å². The van der Waals surface area contributed by atoms with Crippen LogP contribution in [0.25, 0.3) is 0 Å².